The van der Waals surface area contributed by atoms with Crippen molar-refractivity contribution in [3.05, 3.63) is 57.7 Å². The van der Waals surface area contributed by atoms with Gasteiger partial charge in [0.05, 0.1) is 13.2 Å². The van der Waals surface area contributed by atoms with E-state index in [1.807, 2.05) is 36.4 Å². The molecule has 6 heteroatoms. The van der Waals surface area contributed by atoms with Crippen molar-refractivity contribution in [1.29, 1.82) is 0 Å². The van der Waals surface area contributed by atoms with Gasteiger partial charge < -0.3 is 14.8 Å². The van der Waals surface area contributed by atoms with E-state index in [-0.39, 0.29) is 18.6 Å². The third kappa shape index (κ3) is 5.84. The number of hydrogen-bond acceptors (Lipinski definition) is 4. The van der Waals surface area contributed by atoms with Gasteiger partial charge in [-0.05, 0) is 90.5 Å². The summed E-state index contributed by atoms with van der Waals surface area (Å²) in [6, 6.07) is 15.9. The lowest BCUT2D eigenvalue weighted by Gasteiger charge is -2.28. The van der Waals surface area contributed by atoms with Crippen LogP contribution >= 0.6 is 22.6 Å². The molecule has 3 rings (SSSR count). The van der Waals surface area contributed by atoms with Gasteiger partial charge in [-0.3, -0.25) is 9.69 Å². The quantitative estimate of drug-likeness (QED) is 0.587. The van der Waals surface area contributed by atoms with E-state index in [1.54, 1.807) is 7.11 Å². The van der Waals surface area contributed by atoms with Gasteiger partial charge in [0.1, 0.15) is 11.5 Å². The normalized spacial score (nSPS) is 15.3. The highest BCUT2D eigenvalue weighted by molar-refractivity contribution is 14.1. The summed E-state index contributed by atoms with van der Waals surface area (Å²) in [6.07, 6.45) is 2.40. The smallest absolute Gasteiger partial charge is 0.258 e. The molecule has 1 atom stereocenters. The monoisotopic (exact) mass is 480 g/mol. The van der Waals surface area contributed by atoms with Crippen molar-refractivity contribution < 1.29 is 14.3 Å². The van der Waals surface area contributed by atoms with Gasteiger partial charge >= 0.3 is 0 Å². The highest BCUT2D eigenvalue weighted by Gasteiger charge is 2.24. The molecule has 1 amide bonds. The summed E-state index contributed by atoms with van der Waals surface area (Å²) >= 11 is 2.24. The Morgan fingerprint density at radius 2 is 1.89 bits per heavy atom. The lowest BCUT2D eigenvalue weighted by atomic mass is 10.0. The van der Waals surface area contributed by atoms with Crippen LogP contribution in [0.4, 0.5) is 0 Å². The molecule has 2 aromatic rings. The van der Waals surface area contributed by atoms with Crippen molar-refractivity contribution in [2.24, 2.45) is 0 Å². The molecule has 144 valence electrons. The molecule has 0 saturated carbocycles. The van der Waals surface area contributed by atoms with Crippen LogP contribution in [0, 0.1) is 3.57 Å². The molecular weight excluding hydrogens is 455 g/mol. The van der Waals surface area contributed by atoms with E-state index in [0.29, 0.717) is 12.3 Å². The Kier molecular flexibility index (Phi) is 7.34. The van der Waals surface area contributed by atoms with E-state index in [4.69, 9.17) is 9.47 Å². The van der Waals surface area contributed by atoms with Crippen LogP contribution < -0.4 is 14.8 Å². The molecule has 5 nitrogen and oxygen atoms in total. The van der Waals surface area contributed by atoms with Gasteiger partial charge in [-0.2, -0.15) is 0 Å². The summed E-state index contributed by atoms with van der Waals surface area (Å²) in [5, 5.41) is 3.03. The van der Waals surface area contributed by atoms with Crippen LogP contribution in [0.5, 0.6) is 11.5 Å². The number of benzene rings is 2. The number of nitrogens with zero attached hydrogens (tertiary/aromatic N) is 1. The Balaban J connectivity index is 1.58. The Bertz CT molecular complexity index is 745. The molecule has 0 bridgehead atoms. The molecule has 2 aromatic carbocycles. The SMILES string of the molecule is COc1cccc(C(CNC(=O)COc2ccc(I)cc2)N2CCCC2)c1. The van der Waals surface area contributed by atoms with Gasteiger partial charge in [0.2, 0.25) is 0 Å². The number of methoxy groups -OCH3 is 1. The number of halogens is 1. The predicted octanol–water partition coefficient (Wildman–Crippen LogP) is 3.63. The van der Waals surface area contributed by atoms with Crippen LogP contribution in [0.2, 0.25) is 0 Å². The Morgan fingerprint density at radius 3 is 2.59 bits per heavy atom. The van der Waals surface area contributed by atoms with Gasteiger partial charge in [-0.15, -0.1) is 0 Å². The zero-order chi connectivity index (χ0) is 19.1. The summed E-state index contributed by atoms with van der Waals surface area (Å²) in [5.41, 5.74) is 1.16. The molecule has 1 fully saturated rings. The third-order valence-corrected chi connectivity index (χ3v) is 5.46. The molecular formula is C21H25IN2O3. The zero-order valence-electron chi connectivity index (χ0n) is 15.5. The highest BCUT2D eigenvalue weighted by Crippen LogP contribution is 2.27. The van der Waals surface area contributed by atoms with Gasteiger partial charge in [0, 0.05) is 10.1 Å². The van der Waals surface area contributed by atoms with Crippen molar-refractivity contribution in [3.8, 4) is 11.5 Å². The van der Waals surface area contributed by atoms with Gasteiger partial charge in [-0.25, -0.2) is 0 Å². The fourth-order valence-electron chi connectivity index (χ4n) is 3.30. The molecule has 0 spiro atoms. The summed E-state index contributed by atoms with van der Waals surface area (Å²) < 4.78 is 12.1. The largest absolute Gasteiger partial charge is 0.497 e. The molecule has 0 radical (unpaired) electrons. The fraction of sp³-hybridized carbons (Fsp3) is 0.381. The number of ether oxygens (including phenoxy) is 2. The maximum absolute atomic E-state index is 12.3. The zero-order valence-corrected chi connectivity index (χ0v) is 17.6. The van der Waals surface area contributed by atoms with E-state index in [0.717, 1.165) is 28.0 Å². The average molecular weight is 480 g/mol. The highest BCUT2D eigenvalue weighted by atomic mass is 127. The van der Waals surface area contributed by atoms with Crippen LogP contribution in [0.15, 0.2) is 48.5 Å². The average Bonchev–Trinajstić information content (AvgIpc) is 3.22. The predicted molar refractivity (Wildman–Crippen MR) is 114 cm³/mol. The standard InChI is InChI=1S/C21H25IN2O3/c1-26-19-6-4-5-16(13-19)20(24-11-2-3-12-24)14-23-21(25)15-27-18-9-7-17(22)8-10-18/h4-10,13,20H,2-3,11-12,14-15H2,1H3,(H,23,25). The molecule has 0 aromatic heterocycles. The van der Waals surface area contributed by atoms with Crippen LogP contribution in [0.25, 0.3) is 0 Å². The molecule has 1 aliphatic heterocycles. The minimum absolute atomic E-state index is 0.0193. The van der Waals surface area contributed by atoms with Crippen LogP contribution in [-0.4, -0.2) is 44.2 Å². The van der Waals surface area contributed by atoms with Crippen molar-refractivity contribution in [3.63, 3.8) is 0 Å². The minimum Gasteiger partial charge on any atom is -0.497 e. The number of amides is 1. The first-order chi connectivity index (χ1) is 13.2. The first kappa shape index (κ1) is 19.9. The van der Waals surface area contributed by atoms with E-state index in [2.05, 4.69) is 44.9 Å². The Hall–Kier alpha value is -1.80. The van der Waals surface area contributed by atoms with Gasteiger partial charge in [0.15, 0.2) is 6.61 Å². The van der Waals surface area contributed by atoms with Gasteiger partial charge in [-0.1, -0.05) is 12.1 Å². The van der Waals surface area contributed by atoms with E-state index in [9.17, 15) is 4.79 Å². The first-order valence-electron chi connectivity index (χ1n) is 9.19. The second-order valence-electron chi connectivity index (χ2n) is 6.58. The molecule has 1 unspecified atom stereocenters. The van der Waals surface area contributed by atoms with Crippen LogP contribution in [0.3, 0.4) is 0 Å². The molecule has 1 aliphatic rings. The summed E-state index contributed by atoms with van der Waals surface area (Å²) in [5.74, 6) is 1.43. The molecule has 0 aliphatic carbocycles. The van der Waals surface area contributed by atoms with Crippen molar-refractivity contribution in [2.75, 3.05) is 33.4 Å². The number of nitrogens with one attached hydrogen (secondary N) is 1. The lowest BCUT2D eigenvalue weighted by molar-refractivity contribution is -0.123. The Labute approximate surface area is 174 Å². The lowest BCUT2D eigenvalue weighted by Crippen LogP contribution is -2.38. The topological polar surface area (TPSA) is 50.8 Å². The molecule has 27 heavy (non-hydrogen) atoms. The molecule has 1 N–H and O–H groups in total. The maximum atomic E-state index is 12.3. The molecule has 1 heterocycles. The molecule has 1 saturated heterocycles. The summed E-state index contributed by atoms with van der Waals surface area (Å²) in [6.45, 7) is 2.68. The first-order valence-corrected chi connectivity index (χ1v) is 10.3. The van der Waals surface area contributed by atoms with E-state index < -0.39 is 0 Å². The number of carbonyl (C=O) groups excluding carboxylic acids is 1. The second-order valence-corrected chi connectivity index (χ2v) is 7.83. The second kappa shape index (κ2) is 9.94. The number of carbonyl (C=O) groups is 1. The van der Waals surface area contributed by atoms with E-state index >= 15 is 0 Å². The van der Waals surface area contributed by atoms with Crippen molar-refractivity contribution in [2.45, 2.75) is 18.9 Å². The van der Waals surface area contributed by atoms with Crippen molar-refractivity contribution in [1.82, 2.24) is 10.2 Å². The van der Waals surface area contributed by atoms with Crippen LogP contribution in [-0.2, 0) is 4.79 Å². The summed E-state index contributed by atoms with van der Waals surface area (Å²) in [7, 11) is 1.67. The number of hydrogen-bond donors (Lipinski definition) is 1. The number of likely N-dealkylation sites (tertiary alicyclic amines) is 1. The number of rotatable bonds is 8. The summed E-state index contributed by atoms with van der Waals surface area (Å²) in [4.78, 5) is 14.7. The fourth-order valence-corrected chi connectivity index (χ4v) is 3.66. The Morgan fingerprint density at radius 1 is 1.15 bits per heavy atom. The van der Waals surface area contributed by atoms with Crippen LogP contribution in [0.1, 0.15) is 24.4 Å². The van der Waals surface area contributed by atoms with E-state index in [1.165, 1.54) is 12.8 Å². The maximum Gasteiger partial charge on any atom is 0.258 e. The van der Waals surface area contributed by atoms with Crippen molar-refractivity contribution >= 4 is 28.5 Å². The minimum atomic E-state index is -0.111. The van der Waals surface area contributed by atoms with Gasteiger partial charge in [0.25, 0.3) is 5.91 Å². The third-order valence-electron chi connectivity index (χ3n) is 4.74.